The van der Waals surface area contributed by atoms with E-state index in [1.807, 2.05) is 12.1 Å². The second kappa shape index (κ2) is 7.52. The van der Waals surface area contributed by atoms with Gasteiger partial charge in [0.2, 0.25) is 0 Å². The number of benzene rings is 1. The molecule has 2 rings (SSSR count). The van der Waals surface area contributed by atoms with Crippen LogP contribution in [0.5, 0.6) is 0 Å². The fraction of sp³-hybridized carbons (Fsp3) is 0.625. The van der Waals surface area contributed by atoms with Crippen LogP contribution in [-0.4, -0.2) is 28.2 Å². The van der Waals surface area contributed by atoms with Gasteiger partial charge in [-0.2, -0.15) is 0 Å². The van der Waals surface area contributed by atoms with E-state index in [4.69, 9.17) is 0 Å². The Kier molecular flexibility index (Phi) is 5.70. The van der Waals surface area contributed by atoms with Gasteiger partial charge in [-0.1, -0.05) is 31.0 Å². The molecule has 1 saturated carbocycles. The minimum atomic E-state index is -0.321. The lowest BCUT2D eigenvalue weighted by Gasteiger charge is -2.31. The second-order valence-corrected chi connectivity index (χ2v) is 5.95. The molecule has 5 heteroatoms. The number of nitro groups is 1. The Morgan fingerprint density at radius 3 is 2.81 bits per heavy atom. The van der Waals surface area contributed by atoms with Gasteiger partial charge >= 0.3 is 0 Å². The number of aliphatic hydroxyl groups excluding tert-OH is 1. The molecule has 2 N–H and O–H groups in total. The number of hydrogen-bond acceptors (Lipinski definition) is 4. The van der Waals surface area contributed by atoms with Crippen LogP contribution in [0, 0.1) is 10.1 Å². The van der Waals surface area contributed by atoms with Crippen LogP contribution in [-0.2, 0) is 6.42 Å². The van der Waals surface area contributed by atoms with Crippen molar-refractivity contribution < 1.29 is 10.0 Å². The van der Waals surface area contributed by atoms with Crippen LogP contribution < -0.4 is 5.32 Å². The molecule has 1 aromatic carbocycles. The molecule has 0 bridgehead atoms. The van der Waals surface area contributed by atoms with Crippen molar-refractivity contribution in [2.75, 3.05) is 0 Å². The molecule has 5 nitrogen and oxygen atoms in total. The summed E-state index contributed by atoms with van der Waals surface area (Å²) in [6.45, 7) is 2.08. The zero-order valence-electron chi connectivity index (χ0n) is 12.5. The van der Waals surface area contributed by atoms with E-state index in [1.54, 1.807) is 12.1 Å². The lowest BCUT2D eigenvalue weighted by atomic mass is 9.91. The number of aliphatic hydroxyl groups is 1. The fourth-order valence-electron chi connectivity index (χ4n) is 3.03. The summed E-state index contributed by atoms with van der Waals surface area (Å²) in [4.78, 5) is 10.7. The highest BCUT2D eigenvalue weighted by Gasteiger charge is 2.24. The highest BCUT2D eigenvalue weighted by molar-refractivity contribution is 5.39. The number of nitro benzene ring substituents is 1. The van der Waals surface area contributed by atoms with Crippen LogP contribution in [0.25, 0.3) is 0 Å². The molecule has 0 spiro atoms. The van der Waals surface area contributed by atoms with E-state index in [1.165, 1.54) is 0 Å². The monoisotopic (exact) mass is 292 g/mol. The number of nitrogens with one attached hydrogen (secondary N) is 1. The van der Waals surface area contributed by atoms with Crippen molar-refractivity contribution in [2.45, 2.75) is 63.6 Å². The summed E-state index contributed by atoms with van der Waals surface area (Å²) >= 11 is 0. The largest absolute Gasteiger partial charge is 0.392 e. The van der Waals surface area contributed by atoms with E-state index >= 15 is 0 Å². The van der Waals surface area contributed by atoms with Crippen LogP contribution >= 0.6 is 0 Å². The number of para-hydroxylation sites is 1. The Bertz CT molecular complexity index is 478. The molecule has 0 aromatic heterocycles. The Morgan fingerprint density at radius 1 is 1.38 bits per heavy atom. The van der Waals surface area contributed by atoms with E-state index in [2.05, 4.69) is 12.2 Å². The molecule has 3 unspecified atom stereocenters. The van der Waals surface area contributed by atoms with Gasteiger partial charge in [0, 0.05) is 23.7 Å². The lowest BCUT2D eigenvalue weighted by molar-refractivity contribution is -0.385. The first-order valence-electron chi connectivity index (χ1n) is 7.74. The van der Waals surface area contributed by atoms with Crippen LogP contribution in [0.1, 0.15) is 44.6 Å². The Hall–Kier alpha value is -1.46. The van der Waals surface area contributed by atoms with Gasteiger partial charge in [0.1, 0.15) is 0 Å². The minimum absolute atomic E-state index is 0.166. The van der Waals surface area contributed by atoms with Crippen molar-refractivity contribution in [3.63, 3.8) is 0 Å². The van der Waals surface area contributed by atoms with Gasteiger partial charge in [-0.3, -0.25) is 10.1 Å². The first-order chi connectivity index (χ1) is 10.1. The average Bonchev–Trinajstić information content (AvgIpc) is 2.48. The molecule has 1 fully saturated rings. The second-order valence-electron chi connectivity index (χ2n) is 5.95. The zero-order chi connectivity index (χ0) is 15.2. The average molecular weight is 292 g/mol. The van der Waals surface area contributed by atoms with Crippen molar-refractivity contribution in [3.8, 4) is 0 Å². The Balaban J connectivity index is 1.86. The summed E-state index contributed by atoms with van der Waals surface area (Å²) in [6, 6.07) is 7.31. The predicted octanol–water partition coefficient (Wildman–Crippen LogP) is 2.81. The molecule has 3 atom stereocenters. The summed E-state index contributed by atoms with van der Waals surface area (Å²) in [7, 11) is 0. The van der Waals surface area contributed by atoms with Gasteiger partial charge in [-0.05, 0) is 32.6 Å². The normalized spacial score (nSPS) is 23.7. The highest BCUT2D eigenvalue weighted by Crippen LogP contribution is 2.21. The smallest absolute Gasteiger partial charge is 0.272 e. The van der Waals surface area contributed by atoms with E-state index in [0.717, 1.165) is 37.7 Å². The van der Waals surface area contributed by atoms with Gasteiger partial charge in [-0.25, -0.2) is 0 Å². The number of rotatable bonds is 6. The molecular weight excluding hydrogens is 268 g/mol. The zero-order valence-corrected chi connectivity index (χ0v) is 12.5. The summed E-state index contributed by atoms with van der Waals surface area (Å²) in [5, 5.41) is 24.4. The van der Waals surface area contributed by atoms with Gasteiger partial charge in [0.15, 0.2) is 0 Å². The molecule has 1 aromatic rings. The molecule has 1 aliphatic carbocycles. The van der Waals surface area contributed by atoms with Gasteiger partial charge in [0.25, 0.3) is 5.69 Å². The third kappa shape index (κ3) is 4.51. The van der Waals surface area contributed by atoms with Crippen LogP contribution in [0.3, 0.4) is 0 Å². The number of hydrogen-bond donors (Lipinski definition) is 2. The van der Waals surface area contributed by atoms with Gasteiger partial charge < -0.3 is 10.4 Å². The maximum Gasteiger partial charge on any atom is 0.272 e. The molecular formula is C16H24N2O3. The predicted molar refractivity (Wildman–Crippen MR) is 82.3 cm³/mol. The Morgan fingerprint density at radius 2 is 2.10 bits per heavy atom. The van der Waals surface area contributed by atoms with Gasteiger partial charge in [-0.15, -0.1) is 0 Å². The highest BCUT2D eigenvalue weighted by atomic mass is 16.6. The fourth-order valence-corrected chi connectivity index (χ4v) is 3.03. The van der Waals surface area contributed by atoms with Crippen molar-refractivity contribution >= 4 is 5.69 Å². The molecule has 0 amide bonds. The molecule has 1 aliphatic rings. The summed E-state index contributed by atoms with van der Waals surface area (Å²) in [5.41, 5.74) is 0.975. The van der Waals surface area contributed by atoms with E-state index < -0.39 is 0 Å². The molecule has 21 heavy (non-hydrogen) atoms. The van der Waals surface area contributed by atoms with E-state index in [9.17, 15) is 15.2 Å². The van der Waals surface area contributed by atoms with Crippen LogP contribution in [0.15, 0.2) is 24.3 Å². The maximum absolute atomic E-state index is 11.0. The summed E-state index contributed by atoms with van der Waals surface area (Å²) in [5.74, 6) is 0. The maximum atomic E-state index is 11.0. The van der Waals surface area contributed by atoms with Gasteiger partial charge in [0.05, 0.1) is 11.0 Å². The van der Waals surface area contributed by atoms with Crippen molar-refractivity contribution in [1.29, 1.82) is 0 Å². The first kappa shape index (κ1) is 15.9. The molecule has 0 radical (unpaired) electrons. The van der Waals surface area contributed by atoms with Crippen molar-refractivity contribution in [2.24, 2.45) is 0 Å². The van der Waals surface area contributed by atoms with Crippen molar-refractivity contribution in [1.82, 2.24) is 5.32 Å². The lowest BCUT2D eigenvalue weighted by Crippen LogP contribution is -2.46. The molecule has 0 aliphatic heterocycles. The summed E-state index contributed by atoms with van der Waals surface area (Å²) < 4.78 is 0. The van der Waals surface area contributed by atoms with Crippen LogP contribution in [0.2, 0.25) is 0 Å². The van der Waals surface area contributed by atoms with Crippen molar-refractivity contribution in [3.05, 3.63) is 39.9 Å². The quantitative estimate of drug-likeness (QED) is 0.624. The standard InChI is InChI=1S/C16H24N2O3/c1-12(17-14-7-3-5-9-16(14)19)10-11-13-6-2-4-8-15(13)18(20)21/h2,4,6,8,12,14,16-17,19H,3,5,7,9-11H2,1H3. The third-order valence-corrected chi connectivity index (χ3v) is 4.26. The minimum Gasteiger partial charge on any atom is -0.392 e. The SMILES string of the molecule is CC(CCc1ccccc1[N+](=O)[O-])NC1CCCCC1O. The first-order valence-corrected chi connectivity index (χ1v) is 7.74. The van der Waals surface area contributed by atoms with E-state index in [-0.39, 0.29) is 28.8 Å². The number of aryl methyl sites for hydroxylation is 1. The molecule has 116 valence electrons. The molecule has 0 saturated heterocycles. The summed E-state index contributed by atoms with van der Waals surface area (Å²) in [6.07, 6.45) is 5.38. The molecule has 0 heterocycles. The van der Waals surface area contributed by atoms with Crippen LogP contribution in [0.4, 0.5) is 5.69 Å². The number of nitrogens with zero attached hydrogens (tertiary/aromatic N) is 1. The topological polar surface area (TPSA) is 75.4 Å². The Labute approximate surface area is 125 Å². The van der Waals surface area contributed by atoms with E-state index in [0.29, 0.717) is 6.42 Å². The third-order valence-electron chi connectivity index (χ3n) is 4.26.